The molecule has 1 saturated heterocycles. The fraction of sp³-hybridized carbons (Fsp3) is 0.385. The summed E-state index contributed by atoms with van der Waals surface area (Å²) in [6.45, 7) is 2.95. The third kappa shape index (κ3) is 2.60. The Kier molecular flexibility index (Phi) is 3.55. The Bertz CT molecular complexity index is 382. The SMILES string of the molecule is C#CCN1CCO[C@H](c2ccc(F)cc2)C1. The van der Waals surface area contributed by atoms with Gasteiger partial charge in [0.2, 0.25) is 0 Å². The minimum Gasteiger partial charge on any atom is -0.371 e. The molecule has 1 aromatic carbocycles. The molecule has 0 amide bonds. The van der Waals surface area contributed by atoms with Crippen LogP contribution in [0.5, 0.6) is 0 Å². The molecule has 2 nitrogen and oxygen atoms in total. The van der Waals surface area contributed by atoms with Crippen molar-refractivity contribution >= 4 is 0 Å². The highest BCUT2D eigenvalue weighted by Crippen LogP contribution is 2.22. The summed E-state index contributed by atoms with van der Waals surface area (Å²) < 4.78 is 18.4. The zero-order valence-electron chi connectivity index (χ0n) is 9.03. The lowest BCUT2D eigenvalue weighted by Crippen LogP contribution is -2.38. The van der Waals surface area contributed by atoms with Crippen LogP contribution in [0.2, 0.25) is 0 Å². The van der Waals surface area contributed by atoms with Crippen molar-refractivity contribution in [3.05, 3.63) is 35.6 Å². The van der Waals surface area contributed by atoms with Crippen LogP contribution in [0.25, 0.3) is 0 Å². The molecule has 0 N–H and O–H groups in total. The Labute approximate surface area is 95.0 Å². The van der Waals surface area contributed by atoms with Crippen molar-refractivity contribution in [2.45, 2.75) is 6.10 Å². The molecule has 0 aromatic heterocycles. The van der Waals surface area contributed by atoms with Crippen molar-refractivity contribution in [2.24, 2.45) is 0 Å². The van der Waals surface area contributed by atoms with E-state index >= 15 is 0 Å². The lowest BCUT2D eigenvalue weighted by molar-refractivity contribution is -0.0253. The van der Waals surface area contributed by atoms with E-state index in [0.717, 1.165) is 18.7 Å². The van der Waals surface area contributed by atoms with Gasteiger partial charge in [-0.3, -0.25) is 4.90 Å². The van der Waals surface area contributed by atoms with Crippen LogP contribution >= 0.6 is 0 Å². The average Bonchev–Trinajstić information content (AvgIpc) is 2.31. The van der Waals surface area contributed by atoms with E-state index in [4.69, 9.17) is 11.2 Å². The van der Waals surface area contributed by atoms with E-state index < -0.39 is 0 Å². The zero-order valence-corrected chi connectivity index (χ0v) is 9.03. The molecule has 1 atom stereocenters. The van der Waals surface area contributed by atoms with Crippen LogP contribution in [0.4, 0.5) is 4.39 Å². The molecule has 1 aliphatic heterocycles. The van der Waals surface area contributed by atoms with Crippen LogP contribution in [-0.4, -0.2) is 31.1 Å². The van der Waals surface area contributed by atoms with E-state index in [1.165, 1.54) is 12.1 Å². The van der Waals surface area contributed by atoms with E-state index in [-0.39, 0.29) is 11.9 Å². The molecule has 2 rings (SSSR count). The Hall–Kier alpha value is -1.37. The zero-order chi connectivity index (χ0) is 11.4. The van der Waals surface area contributed by atoms with E-state index in [1.807, 2.05) is 0 Å². The normalized spacial score (nSPS) is 21.6. The molecule has 1 aromatic rings. The van der Waals surface area contributed by atoms with Crippen LogP contribution < -0.4 is 0 Å². The number of benzene rings is 1. The van der Waals surface area contributed by atoms with E-state index in [0.29, 0.717) is 13.2 Å². The molecule has 3 heteroatoms. The summed E-state index contributed by atoms with van der Waals surface area (Å²) in [6.07, 6.45) is 5.28. The molecule has 1 fully saturated rings. The molecule has 0 bridgehead atoms. The maximum Gasteiger partial charge on any atom is 0.123 e. The number of nitrogens with zero attached hydrogens (tertiary/aromatic N) is 1. The van der Waals surface area contributed by atoms with Crippen molar-refractivity contribution in [1.29, 1.82) is 0 Å². The van der Waals surface area contributed by atoms with E-state index in [9.17, 15) is 4.39 Å². The lowest BCUT2D eigenvalue weighted by atomic mass is 10.1. The number of terminal acetylenes is 1. The summed E-state index contributed by atoms with van der Waals surface area (Å²) in [6, 6.07) is 6.44. The maximum absolute atomic E-state index is 12.8. The number of rotatable bonds is 2. The summed E-state index contributed by atoms with van der Waals surface area (Å²) in [5, 5.41) is 0. The van der Waals surface area contributed by atoms with Gasteiger partial charge in [0.25, 0.3) is 0 Å². The number of morpholine rings is 1. The van der Waals surface area contributed by atoms with Crippen molar-refractivity contribution in [2.75, 3.05) is 26.2 Å². The maximum atomic E-state index is 12.8. The van der Waals surface area contributed by atoms with Gasteiger partial charge < -0.3 is 4.74 Å². The Morgan fingerprint density at radius 1 is 1.44 bits per heavy atom. The van der Waals surface area contributed by atoms with Gasteiger partial charge >= 0.3 is 0 Å². The monoisotopic (exact) mass is 219 g/mol. The fourth-order valence-electron chi connectivity index (χ4n) is 1.85. The predicted octanol–water partition coefficient (Wildman–Crippen LogP) is 1.83. The first-order valence-corrected chi connectivity index (χ1v) is 5.32. The minimum absolute atomic E-state index is 0.00250. The molecular formula is C13H14FNO. The van der Waals surface area contributed by atoms with Crippen LogP contribution in [-0.2, 0) is 4.74 Å². The second-order valence-corrected chi connectivity index (χ2v) is 3.85. The van der Waals surface area contributed by atoms with Crippen LogP contribution in [0, 0.1) is 18.2 Å². The summed E-state index contributed by atoms with van der Waals surface area (Å²) in [5.41, 5.74) is 1.00. The van der Waals surface area contributed by atoms with E-state index in [1.54, 1.807) is 12.1 Å². The number of hydrogen-bond donors (Lipinski definition) is 0. The minimum atomic E-state index is -0.222. The second-order valence-electron chi connectivity index (χ2n) is 3.85. The number of ether oxygens (including phenoxy) is 1. The first-order chi connectivity index (χ1) is 7.79. The summed E-state index contributed by atoms with van der Waals surface area (Å²) >= 11 is 0. The topological polar surface area (TPSA) is 12.5 Å². The summed E-state index contributed by atoms with van der Waals surface area (Å²) in [7, 11) is 0. The molecule has 0 radical (unpaired) electrons. The highest BCUT2D eigenvalue weighted by atomic mass is 19.1. The van der Waals surface area contributed by atoms with Crippen LogP contribution in [0.15, 0.2) is 24.3 Å². The highest BCUT2D eigenvalue weighted by Gasteiger charge is 2.21. The van der Waals surface area contributed by atoms with Gasteiger partial charge in [0.15, 0.2) is 0 Å². The van der Waals surface area contributed by atoms with Gasteiger partial charge in [0.1, 0.15) is 5.82 Å². The van der Waals surface area contributed by atoms with Gasteiger partial charge in [-0.05, 0) is 17.7 Å². The van der Waals surface area contributed by atoms with Crippen LogP contribution in [0.1, 0.15) is 11.7 Å². The van der Waals surface area contributed by atoms with Gasteiger partial charge in [0, 0.05) is 13.1 Å². The van der Waals surface area contributed by atoms with Crippen molar-refractivity contribution in [1.82, 2.24) is 4.90 Å². The molecular weight excluding hydrogens is 205 g/mol. The number of hydrogen-bond acceptors (Lipinski definition) is 2. The molecule has 84 valence electrons. The first-order valence-electron chi connectivity index (χ1n) is 5.32. The van der Waals surface area contributed by atoms with Gasteiger partial charge in [-0.1, -0.05) is 18.1 Å². The van der Waals surface area contributed by atoms with Gasteiger partial charge in [-0.25, -0.2) is 4.39 Å². The smallest absolute Gasteiger partial charge is 0.123 e. The van der Waals surface area contributed by atoms with Crippen LogP contribution in [0.3, 0.4) is 0 Å². The van der Waals surface area contributed by atoms with Gasteiger partial charge in [0.05, 0.1) is 19.3 Å². The van der Waals surface area contributed by atoms with Gasteiger partial charge in [-0.2, -0.15) is 0 Å². The van der Waals surface area contributed by atoms with E-state index in [2.05, 4.69) is 10.8 Å². The molecule has 16 heavy (non-hydrogen) atoms. The van der Waals surface area contributed by atoms with Crippen molar-refractivity contribution in [3.8, 4) is 12.3 Å². The molecule has 1 heterocycles. The predicted molar refractivity (Wildman–Crippen MR) is 60.4 cm³/mol. The average molecular weight is 219 g/mol. The fourth-order valence-corrected chi connectivity index (χ4v) is 1.85. The Morgan fingerprint density at radius 3 is 2.88 bits per heavy atom. The standard InChI is InChI=1S/C13H14FNO/c1-2-7-15-8-9-16-13(10-15)11-3-5-12(14)6-4-11/h1,3-6,13H,7-10H2/t13-/m0/s1. The third-order valence-electron chi connectivity index (χ3n) is 2.71. The Morgan fingerprint density at radius 2 is 2.19 bits per heavy atom. The summed E-state index contributed by atoms with van der Waals surface area (Å²) in [5.74, 6) is 2.41. The van der Waals surface area contributed by atoms with Gasteiger partial charge in [-0.15, -0.1) is 6.42 Å². The number of halogens is 1. The second kappa shape index (κ2) is 5.11. The summed E-state index contributed by atoms with van der Waals surface area (Å²) in [4.78, 5) is 2.16. The quantitative estimate of drug-likeness (QED) is 0.704. The van der Waals surface area contributed by atoms with Crippen molar-refractivity contribution < 1.29 is 9.13 Å². The Balaban J connectivity index is 2.04. The van der Waals surface area contributed by atoms with Crippen molar-refractivity contribution in [3.63, 3.8) is 0 Å². The largest absolute Gasteiger partial charge is 0.371 e. The lowest BCUT2D eigenvalue weighted by Gasteiger charge is -2.31. The molecule has 1 aliphatic rings. The third-order valence-corrected chi connectivity index (χ3v) is 2.71. The highest BCUT2D eigenvalue weighted by molar-refractivity contribution is 5.19. The molecule has 0 saturated carbocycles. The first kappa shape index (κ1) is 11.1. The molecule has 0 unspecified atom stereocenters. The molecule has 0 spiro atoms. The molecule has 0 aliphatic carbocycles.